The lowest BCUT2D eigenvalue weighted by molar-refractivity contribution is 0.0776. The monoisotopic (exact) mass is 691 g/mol. The summed E-state index contributed by atoms with van der Waals surface area (Å²) in [5.41, 5.74) is 6.89. The molecule has 3 aliphatic rings. The Morgan fingerprint density at radius 3 is 2.70 bits per heavy atom. The molecule has 2 aliphatic heterocycles. The number of pyridine rings is 1. The van der Waals surface area contributed by atoms with E-state index in [1.807, 2.05) is 11.0 Å². The van der Waals surface area contributed by atoms with Crippen molar-refractivity contribution in [3.8, 4) is 27.6 Å². The number of aromatic nitrogens is 5. The number of carbonyl (C=O) groups excluding carboxylic acids is 1. The number of amides is 1. The van der Waals surface area contributed by atoms with E-state index in [1.165, 1.54) is 43.0 Å². The van der Waals surface area contributed by atoms with Gasteiger partial charge in [0, 0.05) is 29.5 Å². The highest BCUT2D eigenvalue weighted by Crippen LogP contribution is 2.50. The number of halogens is 2. The summed E-state index contributed by atoms with van der Waals surface area (Å²) in [6.45, 7) is 2.40. The molecule has 0 spiro atoms. The van der Waals surface area contributed by atoms with Crippen molar-refractivity contribution in [2.24, 2.45) is 0 Å². The fraction of sp³-hybridized carbons (Fsp3) is 0.297. The minimum absolute atomic E-state index is 0.0572. The molecule has 13 heteroatoms. The van der Waals surface area contributed by atoms with Crippen LogP contribution >= 0.6 is 11.3 Å². The van der Waals surface area contributed by atoms with Gasteiger partial charge in [-0.15, -0.1) is 21.5 Å². The quantitative estimate of drug-likeness (QED) is 0.172. The molecule has 1 aliphatic carbocycles. The van der Waals surface area contributed by atoms with Crippen molar-refractivity contribution in [2.45, 2.75) is 57.5 Å². The van der Waals surface area contributed by atoms with Crippen LogP contribution in [0.4, 0.5) is 14.6 Å². The van der Waals surface area contributed by atoms with E-state index >= 15 is 0 Å². The lowest BCUT2D eigenvalue weighted by atomic mass is 9.93. The smallest absolute Gasteiger partial charge is 0.257 e. The standard InChI is InChI=1S/C37H31F2N7O3S/c1-18-44-45-36(49-18)29-25(13-7-19-5-8-20(38)9-6-19)42-32-27-4-3-15-46(27)37(47)31(32)30(29)28-16-26-34(50-28)35(41-17-40-26)43-24-14-11-22-21(24)10-12-23(39)33(22)48-2/h5-6,8-10,12,16-17,24,27H,3-4,7,11,13-15H2,1-2H3,(H,40,41,43)/t24?,27-/m0/s1. The number of benzene rings is 2. The molecule has 6 aromatic rings. The Labute approximate surface area is 289 Å². The maximum absolute atomic E-state index is 14.5. The number of nitrogens with one attached hydrogen (secondary N) is 1. The fourth-order valence-electron chi connectivity index (χ4n) is 7.78. The molecule has 252 valence electrons. The number of rotatable bonds is 8. The highest BCUT2D eigenvalue weighted by atomic mass is 32.1. The number of aryl methyl sites for hydroxylation is 3. The zero-order valence-electron chi connectivity index (χ0n) is 27.3. The molecule has 1 N–H and O–H groups in total. The summed E-state index contributed by atoms with van der Waals surface area (Å²) < 4.78 is 40.5. The first-order valence-corrected chi connectivity index (χ1v) is 17.5. The summed E-state index contributed by atoms with van der Waals surface area (Å²) in [4.78, 5) is 31.4. The number of methoxy groups -OCH3 is 1. The van der Waals surface area contributed by atoms with Crippen molar-refractivity contribution >= 4 is 33.3 Å². The molecule has 2 aromatic carbocycles. The third-order valence-corrected chi connectivity index (χ3v) is 11.2. The first-order valence-electron chi connectivity index (χ1n) is 16.7. The molecule has 0 saturated carbocycles. The summed E-state index contributed by atoms with van der Waals surface area (Å²) in [6.07, 6.45) is 5.80. The van der Waals surface area contributed by atoms with E-state index in [0.717, 1.165) is 62.4 Å². The summed E-state index contributed by atoms with van der Waals surface area (Å²) in [5, 5.41) is 12.2. The maximum atomic E-state index is 14.5. The summed E-state index contributed by atoms with van der Waals surface area (Å²) >= 11 is 1.49. The Kier molecular flexibility index (Phi) is 7.34. The molecule has 9 rings (SSSR count). The minimum atomic E-state index is -0.372. The third-order valence-electron chi connectivity index (χ3n) is 10.0. The van der Waals surface area contributed by atoms with Crippen LogP contribution in [0, 0.1) is 18.6 Å². The highest BCUT2D eigenvalue weighted by Gasteiger charge is 2.45. The molecular formula is C37H31F2N7O3S. The van der Waals surface area contributed by atoms with E-state index in [4.69, 9.17) is 14.1 Å². The van der Waals surface area contributed by atoms with Crippen LogP contribution in [0.5, 0.6) is 5.75 Å². The van der Waals surface area contributed by atoms with Crippen molar-refractivity contribution in [3.05, 3.63) is 100.0 Å². The molecule has 4 aromatic heterocycles. The van der Waals surface area contributed by atoms with E-state index in [1.54, 1.807) is 25.1 Å². The van der Waals surface area contributed by atoms with Crippen LogP contribution in [-0.2, 0) is 19.3 Å². The van der Waals surface area contributed by atoms with Gasteiger partial charge in [0.15, 0.2) is 11.6 Å². The van der Waals surface area contributed by atoms with Gasteiger partial charge in [-0.3, -0.25) is 9.78 Å². The van der Waals surface area contributed by atoms with Gasteiger partial charge in [-0.1, -0.05) is 18.2 Å². The van der Waals surface area contributed by atoms with Crippen molar-refractivity contribution in [2.75, 3.05) is 19.0 Å². The predicted octanol–water partition coefficient (Wildman–Crippen LogP) is 7.57. The van der Waals surface area contributed by atoms with Crippen LogP contribution in [0.1, 0.15) is 75.7 Å². The fourth-order valence-corrected chi connectivity index (χ4v) is 8.90. The molecule has 1 saturated heterocycles. The number of fused-ring (bicyclic) bond motifs is 5. The Morgan fingerprint density at radius 2 is 1.90 bits per heavy atom. The maximum Gasteiger partial charge on any atom is 0.257 e. The molecule has 50 heavy (non-hydrogen) atoms. The number of thiophene rings is 1. The summed E-state index contributed by atoms with van der Waals surface area (Å²) in [6, 6.07) is 11.5. The van der Waals surface area contributed by atoms with Gasteiger partial charge in [0.2, 0.25) is 11.8 Å². The zero-order valence-corrected chi connectivity index (χ0v) is 28.1. The number of nitrogens with zero attached hydrogens (tertiary/aromatic N) is 6. The number of hydrogen-bond acceptors (Lipinski definition) is 10. The predicted molar refractivity (Wildman–Crippen MR) is 183 cm³/mol. The van der Waals surface area contributed by atoms with Crippen molar-refractivity contribution < 1.29 is 22.7 Å². The SMILES string of the molecule is COc1c(F)ccc2c1CCC2Nc1ncnc2cc(-c3c4c(nc(CCc5ccc(F)cc5)c3-c3nnc(C)o3)[C@@H]3CCCN3C4=O)sc12. The number of anilines is 1. The Bertz CT molecular complexity index is 2320. The average molecular weight is 692 g/mol. The van der Waals surface area contributed by atoms with Crippen LogP contribution < -0.4 is 10.1 Å². The molecule has 0 radical (unpaired) electrons. The van der Waals surface area contributed by atoms with E-state index in [-0.39, 0.29) is 41.3 Å². The van der Waals surface area contributed by atoms with E-state index in [0.29, 0.717) is 54.2 Å². The number of hydrogen-bond donors (Lipinski definition) is 1. The number of ether oxygens (including phenoxy) is 1. The van der Waals surface area contributed by atoms with Gasteiger partial charge in [0.1, 0.15) is 18.0 Å². The molecule has 6 heterocycles. The van der Waals surface area contributed by atoms with Crippen LogP contribution in [-0.4, -0.2) is 49.6 Å². The largest absolute Gasteiger partial charge is 0.493 e. The average Bonchev–Trinajstić information content (AvgIpc) is 3.96. The third kappa shape index (κ3) is 4.93. The molecule has 0 bridgehead atoms. The van der Waals surface area contributed by atoms with Crippen LogP contribution in [0.15, 0.2) is 53.2 Å². The van der Waals surface area contributed by atoms with E-state index < -0.39 is 0 Å². The van der Waals surface area contributed by atoms with Gasteiger partial charge in [-0.05, 0) is 73.9 Å². The number of carbonyl (C=O) groups is 1. The van der Waals surface area contributed by atoms with Gasteiger partial charge in [-0.2, -0.15) is 0 Å². The molecule has 1 unspecified atom stereocenters. The van der Waals surface area contributed by atoms with Gasteiger partial charge < -0.3 is 19.4 Å². The topological polar surface area (TPSA) is 119 Å². The second kappa shape index (κ2) is 11.9. The molecule has 2 atom stereocenters. The second-order valence-electron chi connectivity index (χ2n) is 12.9. The zero-order chi connectivity index (χ0) is 34.1. The first kappa shape index (κ1) is 30.7. The van der Waals surface area contributed by atoms with E-state index in [9.17, 15) is 13.6 Å². The molecule has 1 amide bonds. The minimum Gasteiger partial charge on any atom is -0.493 e. The Hall–Kier alpha value is -5.30. The van der Waals surface area contributed by atoms with Gasteiger partial charge in [0.05, 0.1) is 51.9 Å². The van der Waals surface area contributed by atoms with E-state index in [2.05, 4.69) is 25.5 Å². The van der Waals surface area contributed by atoms with Crippen LogP contribution in [0.25, 0.3) is 32.1 Å². The van der Waals surface area contributed by atoms with Crippen molar-refractivity contribution in [1.82, 2.24) is 30.0 Å². The van der Waals surface area contributed by atoms with Gasteiger partial charge >= 0.3 is 0 Å². The summed E-state index contributed by atoms with van der Waals surface area (Å²) in [5.74, 6) is 0.894. The summed E-state index contributed by atoms with van der Waals surface area (Å²) in [7, 11) is 1.49. The van der Waals surface area contributed by atoms with Crippen LogP contribution in [0.2, 0.25) is 0 Å². The Morgan fingerprint density at radius 1 is 1.04 bits per heavy atom. The molecule has 1 fully saturated rings. The normalized spacial score (nSPS) is 17.8. The van der Waals surface area contributed by atoms with Crippen molar-refractivity contribution in [1.29, 1.82) is 0 Å². The van der Waals surface area contributed by atoms with Gasteiger partial charge in [0.25, 0.3) is 5.91 Å². The lowest BCUT2D eigenvalue weighted by Gasteiger charge is -2.16. The lowest BCUT2D eigenvalue weighted by Crippen LogP contribution is -2.22. The first-order chi connectivity index (χ1) is 24.4. The van der Waals surface area contributed by atoms with Crippen molar-refractivity contribution in [3.63, 3.8) is 0 Å². The Balaban J connectivity index is 1.20. The molecule has 10 nitrogen and oxygen atoms in total. The molecular weight excluding hydrogens is 661 g/mol. The second-order valence-corrected chi connectivity index (χ2v) is 14.0. The highest BCUT2D eigenvalue weighted by molar-refractivity contribution is 7.22. The van der Waals surface area contributed by atoms with Gasteiger partial charge in [-0.25, -0.2) is 18.7 Å². The van der Waals surface area contributed by atoms with Crippen LogP contribution in [0.3, 0.4) is 0 Å².